The summed E-state index contributed by atoms with van der Waals surface area (Å²) < 4.78 is 23.0. The van der Waals surface area contributed by atoms with E-state index < -0.39 is 0 Å². The van der Waals surface area contributed by atoms with Gasteiger partial charge in [-0.2, -0.15) is 0 Å². The molecule has 6 rings (SSSR count). The highest BCUT2D eigenvalue weighted by Gasteiger charge is 2.53. The minimum Gasteiger partial charge on any atom is -0.492 e. The molecule has 0 N–H and O–H groups in total. The van der Waals surface area contributed by atoms with Gasteiger partial charge in [0.1, 0.15) is 6.04 Å². The topological polar surface area (TPSA) is 57.2 Å². The Bertz CT molecular complexity index is 953. The molecule has 1 aliphatic carbocycles. The number of carbonyl (C=O) groups is 1. The van der Waals surface area contributed by atoms with Gasteiger partial charge in [-0.1, -0.05) is 24.3 Å². The Labute approximate surface area is 143 Å². The first-order chi connectivity index (χ1) is 12.3. The first-order valence-corrected chi connectivity index (χ1v) is 8.38. The van der Waals surface area contributed by atoms with Crippen LogP contribution in [0.15, 0.2) is 24.3 Å². The zero-order valence-electron chi connectivity index (χ0n) is 13.6. The van der Waals surface area contributed by atoms with Crippen molar-refractivity contribution in [1.82, 2.24) is 4.90 Å². The summed E-state index contributed by atoms with van der Waals surface area (Å²) in [5.74, 6) is 2.11. The van der Waals surface area contributed by atoms with Crippen LogP contribution < -0.4 is 14.2 Å². The first kappa shape index (κ1) is 13.4. The van der Waals surface area contributed by atoms with Crippen molar-refractivity contribution in [1.29, 1.82) is 0 Å². The largest absolute Gasteiger partial charge is 0.492 e. The van der Waals surface area contributed by atoms with E-state index in [1.165, 1.54) is 0 Å². The van der Waals surface area contributed by atoms with Crippen molar-refractivity contribution in [2.75, 3.05) is 20.4 Å². The molecule has 1 amide bonds. The molecule has 3 aliphatic heterocycles. The smallest absolute Gasteiger partial charge is 0.411 e. The van der Waals surface area contributed by atoms with Gasteiger partial charge in [0.25, 0.3) is 0 Å². The lowest BCUT2D eigenvalue weighted by molar-refractivity contribution is 0.130. The fourth-order valence-electron chi connectivity index (χ4n) is 4.72. The second kappa shape index (κ2) is 4.39. The number of hydrogen-bond donors (Lipinski definition) is 0. The zero-order chi connectivity index (χ0) is 16.7. The molecular formula is C19H15NO5. The number of benzene rings is 2. The van der Waals surface area contributed by atoms with Crippen LogP contribution in [0.1, 0.15) is 28.8 Å². The van der Waals surface area contributed by atoms with Crippen molar-refractivity contribution >= 4 is 6.09 Å². The molecule has 0 aromatic heterocycles. The summed E-state index contributed by atoms with van der Waals surface area (Å²) in [7, 11) is 1.65. The highest BCUT2D eigenvalue weighted by atomic mass is 16.7. The van der Waals surface area contributed by atoms with Crippen molar-refractivity contribution in [3.05, 3.63) is 41.0 Å². The van der Waals surface area contributed by atoms with E-state index >= 15 is 0 Å². The van der Waals surface area contributed by atoms with Gasteiger partial charge in [-0.25, -0.2) is 4.79 Å². The third-order valence-electron chi connectivity index (χ3n) is 5.64. The number of amides is 1. The summed E-state index contributed by atoms with van der Waals surface area (Å²) in [6.45, 7) is 0.793. The molecule has 2 aromatic carbocycles. The van der Waals surface area contributed by atoms with E-state index in [2.05, 4.69) is 6.07 Å². The van der Waals surface area contributed by atoms with E-state index in [4.69, 9.17) is 18.9 Å². The van der Waals surface area contributed by atoms with Crippen LogP contribution in [-0.2, 0) is 11.2 Å². The van der Waals surface area contributed by atoms with Crippen molar-refractivity contribution < 1.29 is 23.7 Å². The van der Waals surface area contributed by atoms with Crippen LogP contribution >= 0.6 is 0 Å². The molecule has 0 radical (unpaired) electrons. The van der Waals surface area contributed by atoms with Crippen molar-refractivity contribution in [3.63, 3.8) is 0 Å². The number of nitrogens with zero attached hydrogens (tertiary/aromatic N) is 1. The zero-order valence-corrected chi connectivity index (χ0v) is 13.6. The van der Waals surface area contributed by atoms with E-state index in [1.54, 1.807) is 7.11 Å². The van der Waals surface area contributed by atoms with Gasteiger partial charge in [0.2, 0.25) is 12.5 Å². The molecule has 0 saturated carbocycles. The molecule has 6 nitrogen and oxygen atoms in total. The molecule has 6 heteroatoms. The van der Waals surface area contributed by atoms with Gasteiger partial charge in [0.15, 0.2) is 17.6 Å². The Morgan fingerprint density at radius 3 is 2.92 bits per heavy atom. The van der Waals surface area contributed by atoms with E-state index in [-0.39, 0.29) is 25.0 Å². The maximum Gasteiger partial charge on any atom is 0.411 e. The van der Waals surface area contributed by atoms with E-state index in [1.807, 2.05) is 23.1 Å². The summed E-state index contributed by atoms with van der Waals surface area (Å²) in [5.41, 5.74) is 5.26. The molecule has 25 heavy (non-hydrogen) atoms. The Morgan fingerprint density at radius 1 is 1.20 bits per heavy atom. The molecule has 4 aliphatic rings. The standard InChI is InChI=1S/C19H15NO5/c1-22-16-11-6-7-20-14-12(11)13(17-18(16)24-8-23-17)9-4-2-3-5-10(9)15(14)25-19(20)21/h2-5,14-15H,6-8H2,1H3. The average Bonchev–Trinajstić information content (AvgIpc) is 3.25. The molecule has 2 atom stereocenters. The van der Waals surface area contributed by atoms with Crippen LogP contribution in [0.3, 0.4) is 0 Å². The number of hydrogen-bond acceptors (Lipinski definition) is 5. The normalized spacial score (nSPS) is 23.9. The Hall–Kier alpha value is -2.89. The van der Waals surface area contributed by atoms with Gasteiger partial charge >= 0.3 is 6.09 Å². The number of rotatable bonds is 1. The first-order valence-electron chi connectivity index (χ1n) is 8.38. The van der Waals surface area contributed by atoms with Crippen molar-refractivity contribution in [3.8, 4) is 28.4 Å². The monoisotopic (exact) mass is 337 g/mol. The number of methoxy groups -OCH3 is 1. The number of carbonyl (C=O) groups excluding carboxylic acids is 1. The summed E-state index contributed by atoms with van der Waals surface area (Å²) in [4.78, 5) is 14.3. The molecule has 3 heterocycles. The lowest BCUT2D eigenvalue weighted by atomic mass is 9.75. The molecule has 1 fully saturated rings. The maximum atomic E-state index is 12.4. The lowest BCUT2D eigenvalue weighted by Gasteiger charge is -2.38. The van der Waals surface area contributed by atoms with Gasteiger partial charge in [-0.15, -0.1) is 0 Å². The minimum atomic E-state index is -0.291. The highest BCUT2D eigenvalue weighted by molar-refractivity contribution is 5.89. The number of fused-ring (bicyclic) bond motifs is 5. The SMILES string of the molecule is COc1c2c3c(c4c1OCO4)-c1ccccc1C1OC(=O)N(CC2)C31. The van der Waals surface area contributed by atoms with Crippen LogP contribution in [0, 0.1) is 0 Å². The van der Waals surface area contributed by atoms with Gasteiger partial charge < -0.3 is 18.9 Å². The molecule has 0 bridgehead atoms. The molecule has 0 spiro atoms. The van der Waals surface area contributed by atoms with E-state index in [0.717, 1.165) is 33.6 Å². The van der Waals surface area contributed by atoms with E-state index in [0.29, 0.717) is 24.5 Å². The fraction of sp³-hybridized carbons (Fsp3) is 0.316. The lowest BCUT2D eigenvalue weighted by Crippen LogP contribution is -2.36. The van der Waals surface area contributed by atoms with E-state index in [9.17, 15) is 4.79 Å². The summed E-state index contributed by atoms with van der Waals surface area (Å²) in [6, 6.07) is 7.92. The highest BCUT2D eigenvalue weighted by Crippen LogP contribution is 2.62. The third-order valence-corrected chi connectivity index (χ3v) is 5.64. The van der Waals surface area contributed by atoms with Gasteiger partial charge in [0.05, 0.1) is 7.11 Å². The molecule has 126 valence electrons. The van der Waals surface area contributed by atoms with Gasteiger partial charge in [-0.3, -0.25) is 4.90 Å². The summed E-state index contributed by atoms with van der Waals surface area (Å²) in [5, 5.41) is 0. The Balaban J connectivity index is 1.78. The van der Waals surface area contributed by atoms with Crippen LogP contribution in [0.4, 0.5) is 4.79 Å². The quantitative estimate of drug-likeness (QED) is 0.800. The maximum absolute atomic E-state index is 12.4. The predicted octanol–water partition coefficient (Wildman–Crippen LogP) is 3.20. The van der Waals surface area contributed by atoms with Crippen LogP contribution in [0.2, 0.25) is 0 Å². The summed E-state index contributed by atoms with van der Waals surface area (Å²) >= 11 is 0. The van der Waals surface area contributed by atoms with Crippen LogP contribution in [-0.4, -0.2) is 31.4 Å². The van der Waals surface area contributed by atoms with Gasteiger partial charge in [-0.05, 0) is 17.5 Å². The fourth-order valence-corrected chi connectivity index (χ4v) is 4.72. The number of ether oxygens (including phenoxy) is 4. The molecular weight excluding hydrogens is 322 g/mol. The molecule has 1 saturated heterocycles. The Kier molecular flexibility index (Phi) is 2.35. The minimum absolute atomic E-state index is 0.135. The van der Waals surface area contributed by atoms with Gasteiger partial charge in [0, 0.05) is 23.2 Å². The second-order valence-corrected chi connectivity index (χ2v) is 6.65. The third kappa shape index (κ3) is 1.44. The summed E-state index contributed by atoms with van der Waals surface area (Å²) in [6.07, 6.45) is 0.170. The predicted molar refractivity (Wildman–Crippen MR) is 86.9 cm³/mol. The van der Waals surface area contributed by atoms with Crippen molar-refractivity contribution in [2.45, 2.75) is 18.6 Å². The average molecular weight is 337 g/mol. The molecule has 2 unspecified atom stereocenters. The van der Waals surface area contributed by atoms with Crippen LogP contribution in [0.25, 0.3) is 11.1 Å². The van der Waals surface area contributed by atoms with Crippen LogP contribution in [0.5, 0.6) is 17.2 Å². The second-order valence-electron chi connectivity index (χ2n) is 6.65. The molecule has 2 aromatic rings. The Morgan fingerprint density at radius 2 is 2.04 bits per heavy atom. The van der Waals surface area contributed by atoms with Crippen molar-refractivity contribution in [2.24, 2.45) is 0 Å².